The van der Waals surface area contributed by atoms with E-state index in [1.165, 1.54) is 18.5 Å². The second-order valence-corrected chi connectivity index (χ2v) is 5.06. The highest BCUT2D eigenvalue weighted by molar-refractivity contribution is 6.04. The van der Waals surface area contributed by atoms with Gasteiger partial charge in [0.2, 0.25) is 5.91 Å². The van der Waals surface area contributed by atoms with Gasteiger partial charge in [0.1, 0.15) is 0 Å². The van der Waals surface area contributed by atoms with Crippen molar-refractivity contribution in [2.24, 2.45) is 5.73 Å². The summed E-state index contributed by atoms with van der Waals surface area (Å²) in [6, 6.07) is 15.9. The molecular weight excluding hydrogens is 304 g/mol. The van der Waals surface area contributed by atoms with Gasteiger partial charge in [0, 0.05) is 29.2 Å². The maximum Gasteiger partial charge on any atom is 0.258 e. The van der Waals surface area contributed by atoms with Crippen molar-refractivity contribution in [3.8, 4) is 11.4 Å². The first-order chi connectivity index (χ1) is 11.6. The summed E-state index contributed by atoms with van der Waals surface area (Å²) in [6.45, 7) is 0. The topological polar surface area (TPSA) is 98.0 Å². The first kappa shape index (κ1) is 15.4. The fourth-order valence-electron chi connectivity index (χ4n) is 2.14. The number of carbonyl (C=O) groups excluding carboxylic acids is 2. The number of benzene rings is 2. The van der Waals surface area contributed by atoms with Crippen LogP contribution in [-0.2, 0) is 0 Å². The van der Waals surface area contributed by atoms with E-state index in [1.54, 1.807) is 18.2 Å². The van der Waals surface area contributed by atoms with Crippen LogP contribution >= 0.6 is 0 Å². The molecule has 0 saturated heterocycles. The number of hydrogen-bond acceptors (Lipinski definition) is 4. The van der Waals surface area contributed by atoms with Crippen LogP contribution in [0.25, 0.3) is 11.4 Å². The lowest BCUT2D eigenvalue weighted by Gasteiger charge is -2.06. The molecule has 6 nitrogen and oxygen atoms in total. The van der Waals surface area contributed by atoms with Crippen LogP contribution < -0.4 is 11.1 Å². The summed E-state index contributed by atoms with van der Waals surface area (Å²) in [5, 5.41) is 2.69. The molecule has 6 heteroatoms. The van der Waals surface area contributed by atoms with E-state index >= 15 is 0 Å². The minimum Gasteiger partial charge on any atom is -0.366 e. The number of amides is 2. The normalized spacial score (nSPS) is 10.2. The van der Waals surface area contributed by atoms with Crippen molar-refractivity contribution in [1.29, 1.82) is 0 Å². The molecule has 2 amide bonds. The van der Waals surface area contributed by atoms with Crippen LogP contribution in [0.5, 0.6) is 0 Å². The first-order valence-corrected chi connectivity index (χ1v) is 7.22. The van der Waals surface area contributed by atoms with Crippen LogP contribution in [0, 0.1) is 0 Å². The monoisotopic (exact) mass is 318 g/mol. The van der Waals surface area contributed by atoms with Crippen molar-refractivity contribution < 1.29 is 9.59 Å². The number of nitrogens with one attached hydrogen (secondary N) is 1. The Morgan fingerprint density at radius 3 is 2.25 bits per heavy atom. The van der Waals surface area contributed by atoms with Crippen LogP contribution in [0.3, 0.4) is 0 Å². The maximum absolute atomic E-state index is 12.2. The molecule has 0 unspecified atom stereocenters. The number of primary amides is 1. The Hall–Kier alpha value is -3.54. The third-order valence-electron chi connectivity index (χ3n) is 3.35. The minimum absolute atomic E-state index is 0.319. The average molecular weight is 318 g/mol. The number of carbonyl (C=O) groups is 2. The van der Waals surface area contributed by atoms with E-state index in [9.17, 15) is 9.59 Å². The van der Waals surface area contributed by atoms with Gasteiger partial charge in [-0.2, -0.15) is 0 Å². The highest BCUT2D eigenvalue weighted by atomic mass is 16.2. The van der Waals surface area contributed by atoms with E-state index in [0.29, 0.717) is 22.6 Å². The standard InChI is InChI=1S/C18H14N4O2/c19-16(23)13-7-4-8-15(9-13)22-18(24)14-10-20-17(21-11-14)12-5-2-1-3-6-12/h1-11H,(H2,19,23)(H,22,24). The predicted octanol–water partition coefficient (Wildman–Crippen LogP) is 2.49. The fourth-order valence-corrected chi connectivity index (χ4v) is 2.14. The van der Waals surface area contributed by atoms with Gasteiger partial charge in [-0.25, -0.2) is 9.97 Å². The number of anilines is 1. The second-order valence-electron chi connectivity index (χ2n) is 5.06. The summed E-state index contributed by atoms with van der Waals surface area (Å²) in [4.78, 5) is 31.8. The van der Waals surface area contributed by atoms with Gasteiger partial charge in [0.05, 0.1) is 5.56 Å². The van der Waals surface area contributed by atoms with Crippen LogP contribution in [-0.4, -0.2) is 21.8 Å². The first-order valence-electron chi connectivity index (χ1n) is 7.22. The Bertz CT molecular complexity index is 877. The van der Waals surface area contributed by atoms with Gasteiger partial charge >= 0.3 is 0 Å². The molecule has 0 saturated carbocycles. The van der Waals surface area contributed by atoms with Gasteiger partial charge in [-0.15, -0.1) is 0 Å². The number of nitrogens with two attached hydrogens (primary N) is 1. The van der Waals surface area contributed by atoms with Crippen molar-refractivity contribution in [2.45, 2.75) is 0 Å². The quantitative estimate of drug-likeness (QED) is 0.772. The van der Waals surface area contributed by atoms with Crippen LogP contribution in [0.2, 0.25) is 0 Å². The van der Waals surface area contributed by atoms with Crippen molar-refractivity contribution in [3.05, 3.63) is 78.1 Å². The highest BCUT2D eigenvalue weighted by Gasteiger charge is 2.09. The molecule has 0 aliphatic heterocycles. The third kappa shape index (κ3) is 3.44. The van der Waals surface area contributed by atoms with Gasteiger partial charge in [0.15, 0.2) is 5.82 Å². The Balaban J connectivity index is 1.76. The van der Waals surface area contributed by atoms with Crippen LogP contribution in [0.1, 0.15) is 20.7 Å². The highest BCUT2D eigenvalue weighted by Crippen LogP contribution is 2.15. The summed E-state index contributed by atoms with van der Waals surface area (Å²) in [5.74, 6) is -0.374. The molecule has 0 bridgehead atoms. The Morgan fingerprint density at radius 1 is 0.875 bits per heavy atom. The lowest BCUT2D eigenvalue weighted by molar-refractivity contribution is 0.0996. The summed E-state index contributed by atoms with van der Waals surface area (Å²) in [5.41, 5.74) is 7.22. The minimum atomic E-state index is -0.554. The number of rotatable bonds is 4. The molecule has 1 heterocycles. The molecule has 3 N–H and O–H groups in total. The SMILES string of the molecule is NC(=O)c1cccc(NC(=O)c2cnc(-c3ccccc3)nc2)c1. The molecule has 0 spiro atoms. The lowest BCUT2D eigenvalue weighted by Crippen LogP contribution is -2.15. The van der Waals surface area contributed by atoms with Gasteiger partial charge in [-0.1, -0.05) is 36.4 Å². The zero-order valence-corrected chi connectivity index (χ0v) is 12.6. The molecular formula is C18H14N4O2. The molecule has 24 heavy (non-hydrogen) atoms. The van der Waals surface area contributed by atoms with E-state index in [4.69, 9.17) is 5.73 Å². The summed E-state index contributed by atoms with van der Waals surface area (Å²) in [6.07, 6.45) is 2.92. The molecule has 3 aromatic rings. The third-order valence-corrected chi connectivity index (χ3v) is 3.35. The summed E-state index contributed by atoms with van der Waals surface area (Å²) < 4.78 is 0. The lowest BCUT2D eigenvalue weighted by atomic mass is 10.2. The molecule has 0 radical (unpaired) electrons. The van der Waals surface area contributed by atoms with Gasteiger partial charge < -0.3 is 11.1 Å². The number of nitrogens with zero attached hydrogens (tertiary/aromatic N) is 2. The molecule has 1 aromatic heterocycles. The smallest absolute Gasteiger partial charge is 0.258 e. The zero-order chi connectivity index (χ0) is 16.9. The summed E-state index contributed by atoms with van der Waals surface area (Å²) in [7, 11) is 0. The van der Waals surface area contributed by atoms with E-state index in [-0.39, 0.29) is 5.91 Å². The predicted molar refractivity (Wildman–Crippen MR) is 90.4 cm³/mol. The van der Waals surface area contributed by atoms with Crippen molar-refractivity contribution >= 4 is 17.5 Å². The summed E-state index contributed by atoms with van der Waals surface area (Å²) >= 11 is 0. The van der Waals surface area contributed by atoms with E-state index < -0.39 is 5.91 Å². The molecule has 0 atom stereocenters. The number of hydrogen-bond donors (Lipinski definition) is 2. The maximum atomic E-state index is 12.2. The Morgan fingerprint density at radius 2 is 1.58 bits per heavy atom. The Kier molecular flexibility index (Phi) is 4.29. The van der Waals surface area contributed by atoms with Gasteiger partial charge in [-0.3, -0.25) is 9.59 Å². The van der Waals surface area contributed by atoms with Gasteiger partial charge in [-0.05, 0) is 18.2 Å². The Labute approximate surface area is 138 Å². The van der Waals surface area contributed by atoms with Crippen LogP contribution in [0.15, 0.2) is 67.0 Å². The second kappa shape index (κ2) is 6.70. The molecule has 0 aliphatic rings. The van der Waals surface area contributed by atoms with Crippen molar-refractivity contribution in [1.82, 2.24) is 9.97 Å². The van der Waals surface area contributed by atoms with Crippen molar-refractivity contribution in [3.63, 3.8) is 0 Å². The van der Waals surface area contributed by atoms with E-state index in [1.807, 2.05) is 30.3 Å². The molecule has 118 valence electrons. The van der Waals surface area contributed by atoms with Crippen molar-refractivity contribution in [2.75, 3.05) is 5.32 Å². The van der Waals surface area contributed by atoms with E-state index in [2.05, 4.69) is 15.3 Å². The average Bonchev–Trinajstić information content (AvgIpc) is 2.63. The largest absolute Gasteiger partial charge is 0.366 e. The van der Waals surface area contributed by atoms with Gasteiger partial charge in [0.25, 0.3) is 5.91 Å². The molecule has 0 aliphatic carbocycles. The molecule has 3 rings (SSSR count). The fraction of sp³-hybridized carbons (Fsp3) is 0. The molecule has 2 aromatic carbocycles. The van der Waals surface area contributed by atoms with E-state index in [0.717, 1.165) is 5.56 Å². The number of aromatic nitrogens is 2. The van der Waals surface area contributed by atoms with Crippen LogP contribution in [0.4, 0.5) is 5.69 Å². The molecule has 0 fully saturated rings. The zero-order valence-electron chi connectivity index (χ0n) is 12.6.